The zero-order chi connectivity index (χ0) is 22.2. The van der Waals surface area contributed by atoms with Crippen LogP contribution in [0.2, 0.25) is 0 Å². The minimum absolute atomic E-state index is 0.0609. The SMILES string of the molecule is CC(C)Cn1c(C(NC(=O)O)C(C)(C)C)c(-c2cccs2)c2cc(O)ccc2c1=O. The second kappa shape index (κ2) is 8.14. The van der Waals surface area contributed by atoms with E-state index in [1.807, 2.05) is 52.1 Å². The molecule has 0 radical (unpaired) electrons. The van der Waals surface area contributed by atoms with Gasteiger partial charge in [-0.2, -0.15) is 0 Å². The van der Waals surface area contributed by atoms with Gasteiger partial charge in [0, 0.05) is 27.8 Å². The first-order chi connectivity index (χ1) is 14.0. The van der Waals surface area contributed by atoms with Crippen LogP contribution < -0.4 is 10.9 Å². The number of nitrogens with one attached hydrogen (secondary N) is 1. The van der Waals surface area contributed by atoms with Gasteiger partial charge in [-0.1, -0.05) is 40.7 Å². The van der Waals surface area contributed by atoms with Gasteiger partial charge in [0.2, 0.25) is 0 Å². The fourth-order valence-corrected chi connectivity index (χ4v) is 4.59. The number of fused-ring (bicyclic) bond motifs is 1. The summed E-state index contributed by atoms with van der Waals surface area (Å²) in [6, 6.07) is 7.99. The molecule has 0 aliphatic rings. The number of hydrogen-bond donors (Lipinski definition) is 3. The maximum absolute atomic E-state index is 13.5. The van der Waals surface area contributed by atoms with E-state index in [0.29, 0.717) is 23.0 Å². The number of hydrogen-bond acceptors (Lipinski definition) is 4. The van der Waals surface area contributed by atoms with E-state index in [9.17, 15) is 19.8 Å². The molecule has 7 heteroatoms. The van der Waals surface area contributed by atoms with Crippen molar-refractivity contribution < 1.29 is 15.0 Å². The molecule has 0 saturated carbocycles. The number of amides is 1. The Morgan fingerprint density at radius 2 is 1.90 bits per heavy atom. The molecule has 1 atom stereocenters. The highest BCUT2D eigenvalue weighted by molar-refractivity contribution is 7.13. The Morgan fingerprint density at radius 1 is 1.20 bits per heavy atom. The van der Waals surface area contributed by atoms with Gasteiger partial charge in [-0.05, 0) is 41.0 Å². The second-order valence-corrected chi connectivity index (χ2v) is 9.97. The van der Waals surface area contributed by atoms with Crippen molar-refractivity contribution in [3.63, 3.8) is 0 Å². The number of phenols is 1. The lowest BCUT2D eigenvalue weighted by molar-refractivity contribution is 0.172. The van der Waals surface area contributed by atoms with Crippen molar-refractivity contribution in [1.82, 2.24) is 9.88 Å². The van der Waals surface area contributed by atoms with Crippen LogP contribution >= 0.6 is 11.3 Å². The maximum atomic E-state index is 13.5. The second-order valence-electron chi connectivity index (χ2n) is 9.03. The minimum Gasteiger partial charge on any atom is -0.508 e. The molecule has 1 aromatic carbocycles. The van der Waals surface area contributed by atoms with Gasteiger partial charge in [0.25, 0.3) is 5.56 Å². The van der Waals surface area contributed by atoms with Crippen molar-refractivity contribution >= 4 is 28.2 Å². The lowest BCUT2D eigenvalue weighted by Gasteiger charge is -2.35. The van der Waals surface area contributed by atoms with Crippen LogP contribution in [0.15, 0.2) is 40.5 Å². The number of carbonyl (C=O) groups is 1. The van der Waals surface area contributed by atoms with Gasteiger partial charge in [0.1, 0.15) is 5.75 Å². The molecule has 2 aromatic heterocycles. The summed E-state index contributed by atoms with van der Waals surface area (Å²) in [6.07, 6.45) is -1.15. The van der Waals surface area contributed by atoms with Crippen LogP contribution in [0.5, 0.6) is 5.75 Å². The van der Waals surface area contributed by atoms with Crippen molar-refractivity contribution in [1.29, 1.82) is 0 Å². The first-order valence-corrected chi connectivity index (χ1v) is 10.8. The van der Waals surface area contributed by atoms with Gasteiger partial charge in [-0.3, -0.25) is 4.79 Å². The van der Waals surface area contributed by atoms with Crippen LogP contribution in [-0.2, 0) is 6.54 Å². The quantitative estimate of drug-likeness (QED) is 0.504. The van der Waals surface area contributed by atoms with Gasteiger partial charge in [0.15, 0.2) is 0 Å². The summed E-state index contributed by atoms with van der Waals surface area (Å²) >= 11 is 1.52. The van der Waals surface area contributed by atoms with E-state index >= 15 is 0 Å². The molecule has 0 fully saturated rings. The Bertz CT molecular complexity index is 1120. The lowest BCUT2D eigenvalue weighted by Crippen LogP contribution is -2.40. The molecule has 0 spiro atoms. The Balaban J connectivity index is 2.55. The number of rotatable bonds is 5. The van der Waals surface area contributed by atoms with Crippen LogP contribution in [0.1, 0.15) is 46.4 Å². The zero-order valence-corrected chi connectivity index (χ0v) is 18.7. The molecule has 1 amide bonds. The molecular weight excluding hydrogens is 400 g/mol. The van der Waals surface area contributed by atoms with Gasteiger partial charge >= 0.3 is 6.09 Å². The van der Waals surface area contributed by atoms with Crippen molar-refractivity contribution in [3.05, 3.63) is 51.8 Å². The van der Waals surface area contributed by atoms with Crippen molar-refractivity contribution in [2.45, 2.75) is 47.2 Å². The number of nitrogens with zero attached hydrogens (tertiary/aromatic N) is 1. The van der Waals surface area contributed by atoms with Crippen molar-refractivity contribution in [2.24, 2.45) is 11.3 Å². The summed E-state index contributed by atoms with van der Waals surface area (Å²) in [7, 11) is 0. The highest BCUT2D eigenvalue weighted by atomic mass is 32.1. The van der Waals surface area contributed by atoms with Crippen molar-refractivity contribution in [3.8, 4) is 16.2 Å². The molecule has 0 aliphatic heterocycles. The zero-order valence-electron chi connectivity index (χ0n) is 17.9. The third kappa shape index (κ3) is 4.21. The average Bonchev–Trinajstić information content (AvgIpc) is 3.14. The molecule has 3 aromatic rings. The molecule has 0 aliphatic carbocycles. The molecular formula is C23H28N2O4S. The van der Waals surface area contributed by atoms with E-state index in [2.05, 4.69) is 5.32 Å². The topological polar surface area (TPSA) is 91.6 Å². The first kappa shape index (κ1) is 21.9. The fourth-order valence-electron chi connectivity index (χ4n) is 3.80. The summed E-state index contributed by atoms with van der Waals surface area (Å²) in [5.74, 6) is 0.239. The molecule has 3 N–H and O–H groups in total. The van der Waals surface area contributed by atoms with Crippen LogP contribution in [0.4, 0.5) is 4.79 Å². The Morgan fingerprint density at radius 3 is 2.43 bits per heavy atom. The number of pyridine rings is 1. The maximum Gasteiger partial charge on any atom is 0.405 e. The summed E-state index contributed by atoms with van der Waals surface area (Å²) in [4.78, 5) is 26.2. The summed E-state index contributed by atoms with van der Waals surface area (Å²) < 4.78 is 1.71. The number of aromatic nitrogens is 1. The van der Waals surface area contributed by atoms with E-state index < -0.39 is 17.6 Å². The van der Waals surface area contributed by atoms with Crippen LogP contribution in [0.3, 0.4) is 0 Å². The Kier molecular flexibility index (Phi) is 5.94. The molecule has 160 valence electrons. The van der Waals surface area contributed by atoms with E-state index in [4.69, 9.17) is 0 Å². The molecule has 0 bridgehead atoms. The monoisotopic (exact) mass is 428 g/mol. The van der Waals surface area contributed by atoms with Gasteiger partial charge in [-0.25, -0.2) is 4.79 Å². The van der Waals surface area contributed by atoms with E-state index in [0.717, 1.165) is 10.4 Å². The molecule has 1 unspecified atom stereocenters. The smallest absolute Gasteiger partial charge is 0.405 e. The fraction of sp³-hybridized carbons (Fsp3) is 0.391. The van der Waals surface area contributed by atoms with Gasteiger partial charge in [0.05, 0.1) is 11.7 Å². The highest BCUT2D eigenvalue weighted by Crippen LogP contribution is 2.42. The number of thiophene rings is 1. The predicted octanol–water partition coefficient (Wildman–Crippen LogP) is 5.45. The largest absolute Gasteiger partial charge is 0.508 e. The number of carboxylic acid groups (broad SMARTS) is 1. The molecule has 30 heavy (non-hydrogen) atoms. The van der Waals surface area contributed by atoms with E-state index in [-0.39, 0.29) is 17.2 Å². The average molecular weight is 429 g/mol. The predicted molar refractivity (Wildman–Crippen MR) is 121 cm³/mol. The molecule has 6 nitrogen and oxygen atoms in total. The summed E-state index contributed by atoms with van der Waals surface area (Å²) in [5, 5.41) is 25.5. The van der Waals surface area contributed by atoms with E-state index in [1.54, 1.807) is 16.7 Å². The third-order valence-electron chi connectivity index (χ3n) is 5.02. The number of phenolic OH excluding ortho intramolecular Hbond substituents is 1. The van der Waals surface area contributed by atoms with E-state index in [1.165, 1.54) is 17.4 Å². The number of aromatic hydroxyl groups is 1. The number of benzene rings is 1. The normalized spacial score (nSPS) is 13.0. The minimum atomic E-state index is -1.15. The standard InChI is InChI=1S/C23H28N2O4S/c1-13(2)12-25-19(20(23(3,4)5)24-22(28)29)18(17-7-6-10-30-17)16-11-14(26)8-9-15(16)21(25)27/h6-11,13,20,24,26H,12H2,1-5H3,(H,28,29). The lowest BCUT2D eigenvalue weighted by atomic mass is 9.81. The van der Waals surface area contributed by atoms with Crippen molar-refractivity contribution in [2.75, 3.05) is 0 Å². The molecule has 0 saturated heterocycles. The molecule has 2 heterocycles. The third-order valence-corrected chi connectivity index (χ3v) is 5.90. The Hall–Kier alpha value is -2.80. The molecule has 3 rings (SSSR count). The summed E-state index contributed by atoms with van der Waals surface area (Å²) in [6.45, 7) is 10.3. The van der Waals surface area contributed by atoms with Crippen LogP contribution in [0.25, 0.3) is 21.2 Å². The summed E-state index contributed by atoms with van der Waals surface area (Å²) in [5.41, 5.74) is 0.726. The highest BCUT2D eigenvalue weighted by Gasteiger charge is 2.34. The van der Waals surface area contributed by atoms with Crippen LogP contribution in [0, 0.1) is 11.3 Å². The van der Waals surface area contributed by atoms with Gasteiger partial charge < -0.3 is 20.1 Å². The Labute approximate surface area is 179 Å². The van der Waals surface area contributed by atoms with Crippen LogP contribution in [-0.4, -0.2) is 20.9 Å². The first-order valence-electron chi connectivity index (χ1n) is 9.93. The van der Waals surface area contributed by atoms with Gasteiger partial charge in [-0.15, -0.1) is 11.3 Å².